The second-order valence-electron chi connectivity index (χ2n) is 4.46. The fourth-order valence-electron chi connectivity index (χ4n) is 1.82. The van der Waals surface area contributed by atoms with E-state index in [4.69, 9.17) is 28.9 Å². The van der Waals surface area contributed by atoms with Gasteiger partial charge >= 0.3 is 0 Å². The molecule has 0 heterocycles. The van der Waals surface area contributed by atoms with Crippen LogP contribution in [0.4, 0.5) is 5.69 Å². The normalized spacial score (nSPS) is 11.5. The van der Waals surface area contributed by atoms with E-state index in [-0.39, 0.29) is 17.1 Å². The van der Waals surface area contributed by atoms with Gasteiger partial charge < -0.3 is 5.73 Å². The van der Waals surface area contributed by atoms with Gasteiger partial charge in [0.2, 0.25) is 10.0 Å². The van der Waals surface area contributed by atoms with Crippen molar-refractivity contribution in [2.24, 2.45) is 0 Å². The molecule has 2 aromatic rings. The van der Waals surface area contributed by atoms with Crippen molar-refractivity contribution in [2.75, 3.05) is 12.3 Å². The van der Waals surface area contributed by atoms with Crippen LogP contribution in [0.3, 0.4) is 0 Å². The Morgan fingerprint density at radius 3 is 2.24 bits per heavy atom. The lowest BCUT2D eigenvalue weighted by atomic mass is 10.2. The van der Waals surface area contributed by atoms with Gasteiger partial charge in [-0.05, 0) is 42.3 Å². The molecule has 0 amide bonds. The van der Waals surface area contributed by atoms with Crippen LogP contribution in [0.15, 0.2) is 47.4 Å². The van der Waals surface area contributed by atoms with Crippen molar-refractivity contribution in [2.45, 2.75) is 11.3 Å². The van der Waals surface area contributed by atoms with Crippen LogP contribution in [-0.4, -0.2) is 15.0 Å². The van der Waals surface area contributed by atoms with Gasteiger partial charge in [0, 0.05) is 16.6 Å². The van der Waals surface area contributed by atoms with Crippen LogP contribution in [-0.2, 0) is 16.4 Å². The van der Waals surface area contributed by atoms with Gasteiger partial charge in [-0.25, -0.2) is 13.1 Å². The van der Waals surface area contributed by atoms with Crippen molar-refractivity contribution in [3.8, 4) is 0 Å². The maximum Gasteiger partial charge on any atom is 0.242 e. The summed E-state index contributed by atoms with van der Waals surface area (Å²) in [6.07, 6.45) is 0.559. The molecule has 0 radical (unpaired) electrons. The molecule has 112 valence electrons. The van der Waals surface area contributed by atoms with Gasteiger partial charge in [0.25, 0.3) is 0 Å². The molecule has 21 heavy (non-hydrogen) atoms. The first-order chi connectivity index (χ1) is 9.88. The van der Waals surface area contributed by atoms with E-state index in [9.17, 15) is 8.42 Å². The van der Waals surface area contributed by atoms with Gasteiger partial charge in [-0.15, -0.1) is 0 Å². The fourth-order valence-corrected chi connectivity index (χ4v) is 3.27. The zero-order valence-electron chi connectivity index (χ0n) is 11.0. The van der Waals surface area contributed by atoms with Gasteiger partial charge in [0.15, 0.2) is 0 Å². The van der Waals surface area contributed by atoms with Crippen LogP contribution in [0, 0.1) is 0 Å². The van der Waals surface area contributed by atoms with Gasteiger partial charge in [-0.1, -0.05) is 35.3 Å². The second-order valence-corrected chi connectivity index (χ2v) is 7.06. The number of hydrogen-bond acceptors (Lipinski definition) is 3. The van der Waals surface area contributed by atoms with Gasteiger partial charge in [-0.3, -0.25) is 0 Å². The number of nitrogens with two attached hydrogens (primary N) is 1. The van der Waals surface area contributed by atoms with Crippen LogP contribution in [0.25, 0.3) is 0 Å². The lowest BCUT2D eigenvalue weighted by molar-refractivity contribution is 0.582. The largest absolute Gasteiger partial charge is 0.398 e. The van der Waals surface area contributed by atoms with Crippen LogP contribution < -0.4 is 10.5 Å². The van der Waals surface area contributed by atoms with Crippen molar-refractivity contribution in [3.05, 3.63) is 58.1 Å². The highest BCUT2D eigenvalue weighted by Crippen LogP contribution is 2.22. The van der Waals surface area contributed by atoms with E-state index in [1.54, 1.807) is 12.1 Å². The molecule has 0 atom stereocenters. The summed E-state index contributed by atoms with van der Waals surface area (Å²) in [5.41, 5.74) is 6.81. The number of halogens is 2. The van der Waals surface area contributed by atoms with E-state index >= 15 is 0 Å². The first-order valence-electron chi connectivity index (χ1n) is 6.17. The molecule has 0 saturated carbocycles. The third-order valence-corrected chi connectivity index (χ3v) is 4.90. The molecule has 7 heteroatoms. The van der Waals surface area contributed by atoms with Gasteiger partial charge in [0.1, 0.15) is 4.90 Å². The maximum atomic E-state index is 12.2. The maximum absolute atomic E-state index is 12.2. The fraction of sp³-hybridized carbons (Fsp3) is 0.143. The summed E-state index contributed by atoms with van der Waals surface area (Å²) in [6.45, 7) is 0.270. The number of benzene rings is 2. The molecule has 2 rings (SSSR count). The summed E-state index contributed by atoms with van der Waals surface area (Å²) < 4.78 is 26.8. The molecular formula is C14H14Cl2N2O2S. The minimum atomic E-state index is -3.65. The molecule has 0 aliphatic heterocycles. The molecule has 2 aromatic carbocycles. The Labute approximate surface area is 133 Å². The summed E-state index contributed by atoms with van der Waals surface area (Å²) in [5.74, 6) is 0. The van der Waals surface area contributed by atoms with E-state index in [0.717, 1.165) is 5.56 Å². The third kappa shape index (κ3) is 4.35. The minimum Gasteiger partial charge on any atom is -0.398 e. The minimum absolute atomic E-state index is 0.0306. The average Bonchev–Trinajstić information content (AvgIpc) is 2.40. The molecule has 0 aliphatic rings. The van der Waals surface area contributed by atoms with Gasteiger partial charge in [-0.2, -0.15) is 0 Å². The number of sulfonamides is 1. The molecule has 0 saturated heterocycles. The first-order valence-corrected chi connectivity index (χ1v) is 8.41. The number of nitrogen functional groups attached to an aromatic ring is 1. The topological polar surface area (TPSA) is 72.2 Å². The third-order valence-electron chi connectivity index (χ3n) is 2.88. The van der Waals surface area contributed by atoms with Crippen molar-refractivity contribution in [3.63, 3.8) is 0 Å². The number of anilines is 1. The zero-order chi connectivity index (χ0) is 15.5. The molecule has 0 bridgehead atoms. The highest BCUT2D eigenvalue weighted by molar-refractivity contribution is 7.89. The smallest absolute Gasteiger partial charge is 0.242 e. The van der Waals surface area contributed by atoms with E-state index < -0.39 is 10.0 Å². The van der Waals surface area contributed by atoms with Crippen LogP contribution in [0.1, 0.15) is 5.56 Å². The summed E-state index contributed by atoms with van der Waals surface area (Å²) >= 11 is 11.6. The predicted molar refractivity (Wildman–Crippen MR) is 86.2 cm³/mol. The summed E-state index contributed by atoms with van der Waals surface area (Å²) in [7, 11) is -3.65. The van der Waals surface area contributed by atoms with E-state index in [1.165, 1.54) is 18.2 Å². The summed E-state index contributed by atoms with van der Waals surface area (Å²) in [4.78, 5) is 0.0306. The Morgan fingerprint density at radius 1 is 1.00 bits per heavy atom. The molecular weight excluding hydrogens is 331 g/mol. The van der Waals surface area contributed by atoms with E-state index in [0.29, 0.717) is 16.5 Å². The number of rotatable bonds is 5. The SMILES string of the molecule is Nc1cc(Cl)ccc1S(=O)(=O)NCCc1ccc(Cl)cc1. The lowest BCUT2D eigenvalue weighted by Crippen LogP contribution is -2.26. The average molecular weight is 345 g/mol. The Hall–Kier alpha value is -1.27. The first kappa shape index (κ1) is 16.1. The van der Waals surface area contributed by atoms with Crippen molar-refractivity contribution in [1.82, 2.24) is 4.72 Å². The van der Waals surface area contributed by atoms with Crippen LogP contribution in [0.5, 0.6) is 0 Å². The molecule has 3 N–H and O–H groups in total. The quantitative estimate of drug-likeness (QED) is 0.818. The van der Waals surface area contributed by atoms with Gasteiger partial charge in [0.05, 0.1) is 5.69 Å². The molecule has 0 aromatic heterocycles. The van der Waals surface area contributed by atoms with Crippen LogP contribution in [0.2, 0.25) is 10.0 Å². The molecule has 4 nitrogen and oxygen atoms in total. The summed E-state index contributed by atoms with van der Waals surface area (Å²) in [6, 6.07) is 11.5. The highest BCUT2D eigenvalue weighted by Gasteiger charge is 2.16. The van der Waals surface area contributed by atoms with Crippen molar-refractivity contribution in [1.29, 1.82) is 0 Å². The summed E-state index contributed by atoms with van der Waals surface area (Å²) in [5, 5.41) is 1.04. The molecule has 0 spiro atoms. The molecule has 0 aliphatic carbocycles. The molecule has 0 fully saturated rings. The Morgan fingerprint density at radius 2 is 1.62 bits per heavy atom. The monoisotopic (exact) mass is 344 g/mol. The standard InChI is InChI=1S/C14H14Cl2N2O2S/c15-11-3-1-10(2-4-11)7-8-18-21(19,20)14-6-5-12(16)9-13(14)17/h1-6,9,18H,7-8,17H2. The second kappa shape index (κ2) is 6.66. The highest BCUT2D eigenvalue weighted by atomic mass is 35.5. The van der Waals surface area contributed by atoms with Crippen molar-refractivity contribution < 1.29 is 8.42 Å². The van der Waals surface area contributed by atoms with E-state index in [1.807, 2.05) is 12.1 Å². The Balaban J connectivity index is 2.03. The number of hydrogen-bond donors (Lipinski definition) is 2. The molecule has 0 unspecified atom stereocenters. The van der Waals surface area contributed by atoms with Crippen molar-refractivity contribution >= 4 is 38.9 Å². The Kier molecular flexibility index (Phi) is 5.11. The van der Waals surface area contributed by atoms with E-state index in [2.05, 4.69) is 4.72 Å². The Bertz CT molecular complexity index is 731. The zero-order valence-corrected chi connectivity index (χ0v) is 13.3. The van der Waals surface area contributed by atoms with Crippen LogP contribution >= 0.6 is 23.2 Å². The predicted octanol–water partition coefficient (Wildman–Crippen LogP) is 3.10. The number of nitrogens with one attached hydrogen (secondary N) is 1. The lowest BCUT2D eigenvalue weighted by Gasteiger charge is -2.09.